The summed E-state index contributed by atoms with van der Waals surface area (Å²) < 4.78 is 64.5. The third kappa shape index (κ3) is 6.28. The van der Waals surface area contributed by atoms with Crippen LogP contribution in [-0.2, 0) is 44.3 Å². The lowest BCUT2D eigenvalue weighted by molar-refractivity contribution is -0.138. The van der Waals surface area contributed by atoms with E-state index in [0.717, 1.165) is 88.0 Å². The molecule has 3 aliphatic rings. The van der Waals surface area contributed by atoms with Gasteiger partial charge in [-0.05, 0) is 63.2 Å². The van der Waals surface area contributed by atoms with Gasteiger partial charge in [0.2, 0.25) is 0 Å². The minimum atomic E-state index is -4.63. The van der Waals surface area contributed by atoms with Crippen LogP contribution in [0.25, 0.3) is 5.57 Å². The Kier molecular flexibility index (Phi) is 10.4. The Morgan fingerprint density at radius 1 is 0.765 bits per heavy atom. The summed E-state index contributed by atoms with van der Waals surface area (Å²) >= 11 is 2.35. The van der Waals surface area contributed by atoms with E-state index in [4.69, 9.17) is 23.7 Å². The molecule has 3 aliphatic heterocycles. The number of carbonyl (C=O) groups excluding carboxylic acids is 5. The van der Waals surface area contributed by atoms with Crippen LogP contribution in [0.4, 0.5) is 18.9 Å². The topological polar surface area (TPSA) is 135 Å². The number of anilines is 1. The van der Waals surface area contributed by atoms with E-state index < -0.39 is 51.1 Å². The molecule has 0 radical (unpaired) electrons. The fourth-order valence-corrected chi connectivity index (χ4v) is 10.9. The van der Waals surface area contributed by atoms with Gasteiger partial charge in [-0.3, -0.25) is 9.69 Å². The van der Waals surface area contributed by atoms with Gasteiger partial charge in [0, 0.05) is 21.6 Å². The minimum Gasteiger partial charge on any atom is -0.494 e. The van der Waals surface area contributed by atoms with Crippen LogP contribution in [0.3, 0.4) is 0 Å². The molecule has 1 spiro atoms. The maximum absolute atomic E-state index is 14.5. The lowest BCUT2D eigenvalue weighted by Crippen LogP contribution is -2.53. The van der Waals surface area contributed by atoms with Gasteiger partial charge in [-0.25, -0.2) is 19.2 Å². The molecule has 51 heavy (non-hydrogen) atoms. The molecule has 3 heterocycles. The second-order valence-corrected chi connectivity index (χ2v) is 15.1. The number of amides is 1. The molecule has 1 amide bonds. The predicted molar refractivity (Wildman–Crippen MR) is 184 cm³/mol. The number of alkyl halides is 3. The van der Waals surface area contributed by atoms with Crippen molar-refractivity contribution < 1.29 is 60.8 Å². The van der Waals surface area contributed by atoms with Gasteiger partial charge in [-0.2, -0.15) is 13.2 Å². The van der Waals surface area contributed by atoms with Crippen molar-refractivity contribution in [3.05, 3.63) is 84.3 Å². The summed E-state index contributed by atoms with van der Waals surface area (Å²) in [6.07, 6.45) is -4.63. The molecule has 0 aromatic heterocycles. The van der Waals surface area contributed by atoms with Crippen molar-refractivity contribution in [1.29, 1.82) is 0 Å². The number of nitrogens with zero attached hydrogens (tertiary/aromatic N) is 1. The van der Waals surface area contributed by atoms with Crippen molar-refractivity contribution in [2.45, 2.75) is 36.6 Å². The molecule has 0 unspecified atom stereocenters. The van der Waals surface area contributed by atoms with Crippen LogP contribution >= 0.6 is 35.3 Å². The highest BCUT2D eigenvalue weighted by Crippen LogP contribution is 2.71. The van der Waals surface area contributed by atoms with Gasteiger partial charge in [0.25, 0.3) is 5.91 Å². The highest BCUT2D eigenvalue weighted by atomic mass is 32.2. The Hall–Kier alpha value is -4.35. The number of halogens is 3. The molecule has 17 heteroatoms. The van der Waals surface area contributed by atoms with Gasteiger partial charge in [-0.15, -0.1) is 0 Å². The average Bonchev–Trinajstić information content (AvgIpc) is 3.50. The number of ether oxygens (including phenoxy) is 5. The summed E-state index contributed by atoms with van der Waals surface area (Å²) in [4.78, 5) is 69.3. The summed E-state index contributed by atoms with van der Waals surface area (Å²) in [7, 11) is 4.42. The third-order valence-electron chi connectivity index (χ3n) is 8.08. The number of esters is 4. The van der Waals surface area contributed by atoms with Crippen LogP contribution in [0.1, 0.15) is 42.3 Å². The van der Waals surface area contributed by atoms with Gasteiger partial charge in [0.05, 0.1) is 57.4 Å². The van der Waals surface area contributed by atoms with Crippen LogP contribution in [0.5, 0.6) is 5.75 Å². The first-order chi connectivity index (χ1) is 24.0. The van der Waals surface area contributed by atoms with Gasteiger partial charge in [-0.1, -0.05) is 35.3 Å². The first-order valence-corrected chi connectivity index (χ1v) is 17.4. The molecule has 0 fully saturated rings. The number of rotatable bonds is 7. The molecule has 0 aliphatic carbocycles. The van der Waals surface area contributed by atoms with E-state index in [-0.39, 0.29) is 38.1 Å². The molecule has 2 aromatic carbocycles. The summed E-state index contributed by atoms with van der Waals surface area (Å²) in [6.45, 7) is 5.31. The summed E-state index contributed by atoms with van der Waals surface area (Å²) in [5.41, 5.74) is -1.82. The zero-order chi connectivity index (χ0) is 37.6. The Labute approximate surface area is 302 Å². The normalized spacial score (nSPS) is 17.5. The fraction of sp³-hybridized carbons (Fsp3) is 0.324. The van der Waals surface area contributed by atoms with Crippen molar-refractivity contribution in [2.24, 2.45) is 0 Å². The number of methoxy groups -OCH3 is 4. The molecular weight excluding hydrogens is 736 g/mol. The van der Waals surface area contributed by atoms with Gasteiger partial charge in [0.15, 0.2) is 0 Å². The average molecular weight is 766 g/mol. The number of hydrogen-bond donors (Lipinski definition) is 0. The molecule has 11 nitrogen and oxygen atoms in total. The smallest absolute Gasteiger partial charge is 0.416 e. The molecule has 270 valence electrons. The number of fused-ring (bicyclic) bond motifs is 3. The Bertz CT molecular complexity index is 1920. The van der Waals surface area contributed by atoms with Crippen molar-refractivity contribution in [2.75, 3.05) is 39.9 Å². The maximum atomic E-state index is 14.5. The van der Waals surface area contributed by atoms with Crippen LogP contribution in [-0.4, -0.2) is 74.4 Å². The highest BCUT2D eigenvalue weighted by Gasteiger charge is 2.62. The molecule has 0 bridgehead atoms. The van der Waals surface area contributed by atoms with E-state index >= 15 is 0 Å². The first-order valence-electron chi connectivity index (χ1n) is 14.9. The van der Waals surface area contributed by atoms with Crippen molar-refractivity contribution in [1.82, 2.24) is 0 Å². The Morgan fingerprint density at radius 2 is 1.29 bits per heavy atom. The van der Waals surface area contributed by atoms with Gasteiger partial charge in [0.1, 0.15) is 24.5 Å². The van der Waals surface area contributed by atoms with Crippen molar-refractivity contribution in [3.63, 3.8) is 0 Å². The van der Waals surface area contributed by atoms with E-state index in [1.165, 1.54) is 4.90 Å². The standard InChI is InChI=1S/C34H30F3NO10S3/c1-8-48-18-13-14-20-19(15-18)21-26(32(2,3)38(20)27(39)16-9-11-17(12-10-16)34(35,36)37)49-23(29(41)45-5)22(28(40)44-4)33(21)50-24(30(42)46-6)25(51-33)31(43)47-7/h9-15H,8H2,1-7H3. The number of hydrogen-bond acceptors (Lipinski definition) is 13. The lowest BCUT2D eigenvalue weighted by Gasteiger charge is -2.50. The van der Waals surface area contributed by atoms with Crippen LogP contribution in [0, 0.1) is 0 Å². The van der Waals surface area contributed by atoms with E-state index in [1.807, 2.05) is 0 Å². The molecule has 0 N–H and O–H groups in total. The maximum Gasteiger partial charge on any atom is 0.416 e. The first kappa shape index (κ1) is 37.9. The summed E-state index contributed by atoms with van der Waals surface area (Å²) in [6, 6.07) is 8.54. The van der Waals surface area contributed by atoms with E-state index in [2.05, 4.69) is 0 Å². The molecule has 2 aromatic rings. The SMILES string of the molecule is CCOc1ccc2c(c1)C1=C(SC(C(=O)OC)=C(C(=O)OC)C13SC(C(=O)OC)=C(C(=O)OC)S3)C(C)(C)N2C(=O)c1ccc(C(F)(F)F)cc1. The second-order valence-electron chi connectivity index (χ2n) is 11.3. The molecule has 0 atom stereocenters. The Morgan fingerprint density at radius 3 is 1.78 bits per heavy atom. The van der Waals surface area contributed by atoms with E-state index in [1.54, 1.807) is 39.0 Å². The lowest BCUT2D eigenvalue weighted by atomic mass is 9.83. The zero-order valence-corrected chi connectivity index (χ0v) is 30.6. The van der Waals surface area contributed by atoms with Crippen molar-refractivity contribution >= 4 is 76.3 Å². The molecule has 0 saturated carbocycles. The summed E-state index contributed by atoms with van der Waals surface area (Å²) in [5, 5.41) is 0. The molecular formula is C34H30F3NO10S3. The Balaban J connectivity index is 1.87. The van der Waals surface area contributed by atoms with Gasteiger partial charge >= 0.3 is 30.1 Å². The van der Waals surface area contributed by atoms with Crippen molar-refractivity contribution in [3.8, 4) is 5.75 Å². The van der Waals surface area contributed by atoms with Gasteiger partial charge < -0.3 is 23.7 Å². The number of benzene rings is 2. The highest BCUT2D eigenvalue weighted by molar-refractivity contribution is 8.26. The second kappa shape index (κ2) is 14.0. The summed E-state index contributed by atoms with van der Waals surface area (Å²) in [5.74, 6) is -4.12. The fourth-order valence-electron chi connectivity index (χ4n) is 5.85. The van der Waals surface area contributed by atoms with Crippen LogP contribution in [0.2, 0.25) is 0 Å². The van der Waals surface area contributed by atoms with E-state index in [9.17, 15) is 37.1 Å². The number of thioether (sulfide) groups is 3. The monoisotopic (exact) mass is 765 g/mol. The largest absolute Gasteiger partial charge is 0.494 e. The molecule has 0 saturated heterocycles. The number of carbonyl (C=O) groups is 5. The molecule has 5 rings (SSSR count). The quantitative estimate of drug-likeness (QED) is 0.230. The third-order valence-corrected chi connectivity index (χ3v) is 12.7. The van der Waals surface area contributed by atoms with E-state index in [0.29, 0.717) is 21.8 Å². The van der Waals surface area contributed by atoms with Crippen LogP contribution in [0.15, 0.2) is 67.7 Å². The predicted octanol–water partition coefficient (Wildman–Crippen LogP) is 6.34. The van der Waals surface area contributed by atoms with Crippen LogP contribution < -0.4 is 9.64 Å². The minimum absolute atomic E-state index is 0.0679. The zero-order valence-electron chi connectivity index (χ0n) is 28.1.